The van der Waals surface area contributed by atoms with Crippen molar-refractivity contribution in [3.8, 4) is 6.07 Å². The van der Waals surface area contributed by atoms with Crippen LogP contribution in [0.3, 0.4) is 0 Å². The Bertz CT molecular complexity index is 857. The van der Waals surface area contributed by atoms with Crippen molar-refractivity contribution in [3.63, 3.8) is 0 Å². The van der Waals surface area contributed by atoms with Gasteiger partial charge in [-0.2, -0.15) is 5.26 Å². The molecule has 1 aromatic carbocycles. The van der Waals surface area contributed by atoms with E-state index in [-0.39, 0.29) is 11.4 Å². The number of pyridine rings is 1. The second-order valence-corrected chi connectivity index (χ2v) is 6.81. The lowest BCUT2D eigenvalue weighted by Gasteiger charge is -2.25. The highest BCUT2D eigenvalue weighted by molar-refractivity contribution is 5.83. The first kappa shape index (κ1) is 14.9. The predicted molar refractivity (Wildman–Crippen MR) is 90.5 cm³/mol. The van der Waals surface area contributed by atoms with Gasteiger partial charge in [-0.3, -0.25) is 4.79 Å². The molecule has 5 nitrogen and oxygen atoms in total. The smallest absolute Gasteiger partial charge is 0.313 e. The summed E-state index contributed by atoms with van der Waals surface area (Å²) in [6.07, 6.45) is 3.07. The standard InChI is InChI=1S/C19H19N3O2/c1-24-18(23)19-8-2-3-15(19)11-22(12-19)17-7-5-14-9-13(10-20)4-6-16(14)21-17/h4-7,9,15H,2-3,8,11-12H2,1H3. The zero-order valence-electron chi connectivity index (χ0n) is 13.7. The number of esters is 1. The molecule has 2 aromatic rings. The number of rotatable bonds is 2. The van der Waals surface area contributed by atoms with Crippen LogP contribution in [0.1, 0.15) is 24.8 Å². The minimum absolute atomic E-state index is 0.0769. The van der Waals surface area contributed by atoms with E-state index in [9.17, 15) is 4.79 Å². The average Bonchev–Trinajstić information content (AvgIpc) is 3.18. The van der Waals surface area contributed by atoms with Crippen molar-refractivity contribution in [1.29, 1.82) is 5.26 Å². The lowest BCUT2D eigenvalue weighted by atomic mass is 9.81. The fourth-order valence-corrected chi connectivity index (χ4v) is 4.36. The largest absolute Gasteiger partial charge is 0.469 e. The third-order valence-corrected chi connectivity index (χ3v) is 5.59. The summed E-state index contributed by atoms with van der Waals surface area (Å²) >= 11 is 0. The number of hydrogen-bond acceptors (Lipinski definition) is 5. The zero-order chi connectivity index (χ0) is 16.7. The number of aromatic nitrogens is 1. The normalized spacial score (nSPS) is 25.5. The number of nitriles is 1. The molecule has 4 rings (SSSR count). The van der Waals surface area contributed by atoms with Gasteiger partial charge in [0, 0.05) is 18.5 Å². The van der Waals surface area contributed by atoms with Crippen LogP contribution < -0.4 is 4.90 Å². The second-order valence-electron chi connectivity index (χ2n) is 6.81. The monoisotopic (exact) mass is 321 g/mol. The van der Waals surface area contributed by atoms with Gasteiger partial charge in [0.15, 0.2) is 0 Å². The number of carbonyl (C=O) groups excluding carboxylic acids is 1. The van der Waals surface area contributed by atoms with Gasteiger partial charge >= 0.3 is 5.97 Å². The minimum Gasteiger partial charge on any atom is -0.469 e. The molecule has 24 heavy (non-hydrogen) atoms. The molecule has 0 amide bonds. The van der Waals surface area contributed by atoms with Crippen LogP contribution in [0.5, 0.6) is 0 Å². The highest BCUT2D eigenvalue weighted by Crippen LogP contribution is 2.50. The molecule has 2 unspecified atom stereocenters. The number of anilines is 1. The van der Waals surface area contributed by atoms with E-state index in [0.29, 0.717) is 18.0 Å². The number of ether oxygens (including phenoxy) is 1. The summed E-state index contributed by atoms with van der Waals surface area (Å²) < 4.78 is 5.10. The third-order valence-electron chi connectivity index (χ3n) is 5.59. The molecule has 2 aliphatic rings. The summed E-state index contributed by atoms with van der Waals surface area (Å²) in [5, 5.41) is 9.96. The first-order valence-corrected chi connectivity index (χ1v) is 8.30. The highest BCUT2D eigenvalue weighted by Gasteiger charge is 2.55. The molecule has 0 N–H and O–H groups in total. The number of fused-ring (bicyclic) bond motifs is 2. The van der Waals surface area contributed by atoms with E-state index >= 15 is 0 Å². The summed E-state index contributed by atoms with van der Waals surface area (Å²) in [5.41, 5.74) is 1.14. The Morgan fingerprint density at radius 1 is 1.42 bits per heavy atom. The van der Waals surface area contributed by atoms with E-state index in [1.807, 2.05) is 24.3 Å². The van der Waals surface area contributed by atoms with Gasteiger partial charge in [-0.1, -0.05) is 6.42 Å². The van der Waals surface area contributed by atoms with Crippen LogP contribution in [-0.4, -0.2) is 31.2 Å². The minimum atomic E-state index is -0.365. The van der Waals surface area contributed by atoms with Crippen LogP contribution in [0.2, 0.25) is 0 Å². The van der Waals surface area contributed by atoms with Gasteiger partial charge in [-0.25, -0.2) is 4.98 Å². The molecular weight excluding hydrogens is 302 g/mol. The van der Waals surface area contributed by atoms with Crippen LogP contribution in [0.15, 0.2) is 30.3 Å². The van der Waals surface area contributed by atoms with Gasteiger partial charge in [-0.15, -0.1) is 0 Å². The Balaban J connectivity index is 1.67. The number of methoxy groups -OCH3 is 1. The molecule has 1 aliphatic heterocycles. The average molecular weight is 321 g/mol. The van der Waals surface area contributed by atoms with Crippen molar-refractivity contribution in [1.82, 2.24) is 4.98 Å². The molecule has 2 atom stereocenters. The molecular formula is C19H19N3O2. The molecule has 2 heterocycles. The third kappa shape index (κ3) is 2.14. The van der Waals surface area contributed by atoms with Crippen molar-refractivity contribution in [2.75, 3.05) is 25.1 Å². The van der Waals surface area contributed by atoms with E-state index in [4.69, 9.17) is 15.0 Å². The van der Waals surface area contributed by atoms with Crippen LogP contribution in [0, 0.1) is 22.7 Å². The second kappa shape index (κ2) is 5.48. The van der Waals surface area contributed by atoms with Crippen LogP contribution in [0.25, 0.3) is 10.9 Å². The molecule has 1 saturated heterocycles. The zero-order valence-corrected chi connectivity index (χ0v) is 13.7. The Hall–Kier alpha value is -2.61. The molecule has 0 bridgehead atoms. The number of benzene rings is 1. The molecule has 122 valence electrons. The first-order valence-electron chi connectivity index (χ1n) is 8.30. The van der Waals surface area contributed by atoms with Crippen LogP contribution in [-0.2, 0) is 9.53 Å². The summed E-state index contributed by atoms with van der Waals surface area (Å²) in [6, 6.07) is 11.6. The maximum absolute atomic E-state index is 12.4. The molecule has 0 spiro atoms. The maximum Gasteiger partial charge on any atom is 0.313 e. The van der Waals surface area contributed by atoms with Crippen molar-refractivity contribution < 1.29 is 9.53 Å². The van der Waals surface area contributed by atoms with Gasteiger partial charge in [0.05, 0.1) is 29.7 Å². The topological polar surface area (TPSA) is 66.2 Å². The van der Waals surface area contributed by atoms with Crippen molar-refractivity contribution >= 4 is 22.7 Å². The summed E-state index contributed by atoms with van der Waals surface area (Å²) in [7, 11) is 1.48. The van der Waals surface area contributed by atoms with Crippen molar-refractivity contribution in [2.45, 2.75) is 19.3 Å². The van der Waals surface area contributed by atoms with E-state index in [2.05, 4.69) is 11.0 Å². The summed E-state index contributed by atoms with van der Waals surface area (Å²) in [5.74, 6) is 1.17. The van der Waals surface area contributed by atoms with Gasteiger partial charge in [0.1, 0.15) is 5.82 Å². The van der Waals surface area contributed by atoms with Gasteiger partial charge in [0.2, 0.25) is 0 Å². The van der Waals surface area contributed by atoms with Crippen LogP contribution in [0.4, 0.5) is 5.82 Å². The Morgan fingerprint density at radius 3 is 3.08 bits per heavy atom. The van der Waals surface area contributed by atoms with Crippen LogP contribution >= 0.6 is 0 Å². The Kier molecular flexibility index (Phi) is 3.42. The molecule has 5 heteroatoms. The lowest BCUT2D eigenvalue weighted by molar-refractivity contribution is -0.152. The van der Waals surface area contributed by atoms with Gasteiger partial charge < -0.3 is 9.64 Å². The Morgan fingerprint density at radius 2 is 2.29 bits per heavy atom. The number of hydrogen-bond donors (Lipinski definition) is 0. The number of carbonyl (C=O) groups is 1. The van der Waals surface area contributed by atoms with E-state index in [0.717, 1.165) is 42.5 Å². The SMILES string of the molecule is COC(=O)C12CCCC1CN(c1ccc3cc(C#N)ccc3n1)C2. The van der Waals surface area contributed by atoms with E-state index in [1.54, 1.807) is 6.07 Å². The molecule has 0 radical (unpaired) electrons. The highest BCUT2D eigenvalue weighted by atomic mass is 16.5. The predicted octanol–water partition coefficient (Wildman–Crippen LogP) is 2.89. The van der Waals surface area contributed by atoms with Crippen molar-refractivity contribution in [2.24, 2.45) is 11.3 Å². The quantitative estimate of drug-likeness (QED) is 0.796. The molecule has 1 aliphatic carbocycles. The van der Waals surface area contributed by atoms with E-state index < -0.39 is 0 Å². The van der Waals surface area contributed by atoms with Crippen molar-refractivity contribution in [3.05, 3.63) is 35.9 Å². The van der Waals surface area contributed by atoms with Gasteiger partial charge in [-0.05, 0) is 49.1 Å². The number of nitrogens with zero attached hydrogens (tertiary/aromatic N) is 3. The summed E-state index contributed by atoms with van der Waals surface area (Å²) in [4.78, 5) is 19.3. The summed E-state index contributed by atoms with van der Waals surface area (Å²) in [6.45, 7) is 1.53. The van der Waals surface area contributed by atoms with Gasteiger partial charge in [0.25, 0.3) is 0 Å². The molecule has 1 aromatic heterocycles. The Labute approximate surface area is 140 Å². The lowest BCUT2D eigenvalue weighted by Crippen LogP contribution is -2.37. The van der Waals surface area contributed by atoms with E-state index in [1.165, 1.54) is 7.11 Å². The fraction of sp³-hybridized carbons (Fsp3) is 0.421. The molecule has 1 saturated carbocycles. The maximum atomic E-state index is 12.4. The fourth-order valence-electron chi connectivity index (χ4n) is 4.36. The first-order chi connectivity index (χ1) is 11.7. The molecule has 2 fully saturated rings.